The molecule has 0 saturated heterocycles. The minimum Gasteiger partial charge on any atom is -0.384 e. The SMILES string of the molecule is CCCn1cc(-n2cc(-c3ccc(N)nc3)cn2)ccc1=O. The average Bonchev–Trinajstić information content (AvgIpc) is 3.00. The summed E-state index contributed by atoms with van der Waals surface area (Å²) in [7, 11) is 0. The van der Waals surface area contributed by atoms with Gasteiger partial charge in [-0.15, -0.1) is 0 Å². The van der Waals surface area contributed by atoms with Crippen LogP contribution >= 0.6 is 0 Å². The maximum atomic E-state index is 11.8. The van der Waals surface area contributed by atoms with Crippen LogP contribution in [0.3, 0.4) is 0 Å². The molecule has 22 heavy (non-hydrogen) atoms. The molecule has 0 amide bonds. The third-order valence-corrected chi connectivity index (χ3v) is 3.40. The van der Waals surface area contributed by atoms with Crippen LogP contribution in [-0.4, -0.2) is 19.3 Å². The summed E-state index contributed by atoms with van der Waals surface area (Å²) in [5.41, 5.74) is 8.34. The third-order valence-electron chi connectivity index (χ3n) is 3.40. The van der Waals surface area contributed by atoms with Crippen LogP contribution in [0.25, 0.3) is 16.8 Å². The van der Waals surface area contributed by atoms with Gasteiger partial charge in [-0.25, -0.2) is 9.67 Å². The molecule has 0 spiro atoms. The first-order valence-corrected chi connectivity index (χ1v) is 7.15. The smallest absolute Gasteiger partial charge is 0.250 e. The Balaban J connectivity index is 1.95. The zero-order valence-electron chi connectivity index (χ0n) is 12.3. The van der Waals surface area contributed by atoms with E-state index in [9.17, 15) is 4.79 Å². The molecule has 0 saturated carbocycles. The van der Waals surface area contributed by atoms with Gasteiger partial charge in [0.2, 0.25) is 0 Å². The Labute approximate surface area is 127 Å². The van der Waals surface area contributed by atoms with Crippen LogP contribution in [0.15, 0.2) is 53.8 Å². The van der Waals surface area contributed by atoms with Gasteiger partial charge in [-0.3, -0.25) is 4.79 Å². The predicted octanol–water partition coefficient (Wildman–Crippen LogP) is 2.09. The first kappa shape index (κ1) is 14.1. The molecule has 112 valence electrons. The number of anilines is 1. The summed E-state index contributed by atoms with van der Waals surface area (Å²) in [5, 5.41) is 4.36. The quantitative estimate of drug-likeness (QED) is 0.799. The molecule has 0 aliphatic carbocycles. The van der Waals surface area contributed by atoms with Gasteiger partial charge in [0.05, 0.1) is 11.9 Å². The largest absolute Gasteiger partial charge is 0.384 e. The number of aryl methyl sites for hydroxylation is 1. The molecule has 3 aromatic rings. The zero-order chi connectivity index (χ0) is 15.5. The van der Waals surface area contributed by atoms with E-state index in [4.69, 9.17) is 5.73 Å². The number of aromatic nitrogens is 4. The third kappa shape index (κ3) is 2.76. The number of nitrogen functional groups attached to an aromatic ring is 1. The minimum atomic E-state index is 0.000661. The van der Waals surface area contributed by atoms with Crippen LogP contribution in [0.1, 0.15) is 13.3 Å². The fraction of sp³-hybridized carbons (Fsp3) is 0.188. The number of pyridine rings is 2. The number of rotatable bonds is 4. The van der Waals surface area contributed by atoms with Crippen molar-refractivity contribution in [2.24, 2.45) is 0 Å². The molecule has 3 heterocycles. The van der Waals surface area contributed by atoms with Crippen molar-refractivity contribution >= 4 is 5.82 Å². The fourth-order valence-corrected chi connectivity index (χ4v) is 2.26. The summed E-state index contributed by atoms with van der Waals surface area (Å²) in [6.07, 6.45) is 8.12. The van der Waals surface area contributed by atoms with Crippen LogP contribution in [0.5, 0.6) is 0 Å². The predicted molar refractivity (Wildman–Crippen MR) is 85.8 cm³/mol. The van der Waals surface area contributed by atoms with E-state index in [0.717, 1.165) is 23.2 Å². The Morgan fingerprint density at radius 3 is 2.68 bits per heavy atom. The van der Waals surface area contributed by atoms with Crippen molar-refractivity contribution in [2.75, 3.05) is 5.73 Å². The monoisotopic (exact) mass is 295 g/mol. The van der Waals surface area contributed by atoms with Gasteiger partial charge in [-0.1, -0.05) is 6.92 Å². The molecule has 0 unspecified atom stereocenters. The van der Waals surface area contributed by atoms with Crippen molar-refractivity contribution in [3.8, 4) is 16.8 Å². The summed E-state index contributed by atoms with van der Waals surface area (Å²) < 4.78 is 3.44. The van der Waals surface area contributed by atoms with Crippen molar-refractivity contribution in [1.29, 1.82) is 0 Å². The molecule has 0 aliphatic heterocycles. The Hall–Kier alpha value is -2.89. The second-order valence-corrected chi connectivity index (χ2v) is 5.06. The molecule has 6 nitrogen and oxygen atoms in total. The van der Waals surface area contributed by atoms with E-state index in [2.05, 4.69) is 10.1 Å². The van der Waals surface area contributed by atoms with Crippen molar-refractivity contribution in [1.82, 2.24) is 19.3 Å². The lowest BCUT2D eigenvalue weighted by molar-refractivity contribution is 0.648. The lowest BCUT2D eigenvalue weighted by Gasteiger charge is -2.06. The minimum absolute atomic E-state index is 0.000661. The van der Waals surface area contributed by atoms with Crippen LogP contribution < -0.4 is 11.3 Å². The Bertz CT molecular complexity index is 832. The molecule has 3 rings (SSSR count). The van der Waals surface area contributed by atoms with Gasteiger partial charge in [0.25, 0.3) is 5.56 Å². The van der Waals surface area contributed by atoms with E-state index in [0.29, 0.717) is 12.4 Å². The molecule has 0 aliphatic rings. The second-order valence-electron chi connectivity index (χ2n) is 5.06. The van der Waals surface area contributed by atoms with Crippen molar-refractivity contribution in [3.05, 3.63) is 59.4 Å². The topological polar surface area (TPSA) is 78.7 Å². The molecular formula is C16H17N5O. The second kappa shape index (κ2) is 5.85. The van der Waals surface area contributed by atoms with Gasteiger partial charge in [-0.2, -0.15) is 5.10 Å². The number of nitrogens with zero attached hydrogens (tertiary/aromatic N) is 4. The first-order chi connectivity index (χ1) is 10.7. The van der Waals surface area contributed by atoms with Gasteiger partial charge >= 0.3 is 0 Å². The molecular weight excluding hydrogens is 278 g/mol. The van der Waals surface area contributed by atoms with Gasteiger partial charge in [0.1, 0.15) is 5.82 Å². The maximum absolute atomic E-state index is 11.8. The van der Waals surface area contributed by atoms with Crippen molar-refractivity contribution in [2.45, 2.75) is 19.9 Å². The summed E-state index contributed by atoms with van der Waals surface area (Å²) in [6, 6.07) is 7.00. The van der Waals surface area contributed by atoms with Crippen LogP contribution in [0.2, 0.25) is 0 Å². The van der Waals surface area contributed by atoms with E-state index in [-0.39, 0.29) is 5.56 Å². The Kier molecular flexibility index (Phi) is 3.74. The molecule has 0 fully saturated rings. The highest BCUT2D eigenvalue weighted by Crippen LogP contribution is 2.19. The van der Waals surface area contributed by atoms with Crippen LogP contribution in [0, 0.1) is 0 Å². The number of hydrogen-bond donors (Lipinski definition) is 1. The van der Waals surface area contributed by atoms with E-state index >= 15 is 0 Å². The molecule has 2 N–H and O–H groups in total. The molecule has 6 heteroatoms. The van der Waals surface area contributed by atoms with E-state index in [1.165, 1.54) is 0 Å². The number of hydrogen-bond acceptors (Lipinski definition) is 4. The summed E-state index contributed by atoms with van der Waals surface area (Å²) in [6.45, 7) is 2.74. The van der Waals surface area contributed by atoms with E-state index in [1.807, 2.05) is 25.4 Å². The molecule has 0 radical (unpaired) electrons. The van der Waals surface area contributed by atoms with Crippen LogP contribution in [-0.2, 0) is 6.54 Å². The van der Waals surface area contributed by atoms with Gasteiger partial charge in [-0.05, 0) is 24.6 Å². The molecule has 0 bridgehead atoms. The van der Waals surface area contributed by atoms with E-state index < -0.39 is 0 Å². The average molecular weight is 295 g/mol. The highest BCUT2D eigenvalue weighted by molar-refractivity contribution is 5.62. The van der Waals surface area contributed by atoms with Crippen LogP contribution in [0.4, 0.5) is 5.82 Å². The lowest BCUT2D eigenvalue weighted by atomic mass is 10.2. The first-order valence-electron chi connectivity index (χ1n) is 7.15. The lowest BCUT2D eigenvalue weighted by Crippen LogP contribution is -2.19. The normalized spacial score (nSPS) is 10.8. The summed E-state index contributed by atoms with van der Waals surface area (Å²) in [4.78, 5) is 15.8. The van der Waals surface area contributed by atoms with Gasteiger partial charge < -0.3 is 10.3 Å². The highest BCUT2D eigenvalue weighted by Gasteiger charge is 2.05. The summed E-state index contributed by atoms with van der Waals surface area (Å²) >= 11 is 0. The molecule has 0 atom stereocenters. The molecule has 3 aromatic heterocycles. The van der Waals surface area contributed by atoms with Gasteiger partial charge in [0, 0.05) is 42.3 Å². The van der Waals surface area contributed by atoms with E-state index in [1.54, 1.807) is 39.8 Å². The standard InChI is InChI=1S/C16H17N5O/c1-2-7-20-11-14(4-6-16(20)22)21-10-13(9-19-21)12-3-5-15(17)18-8-12/h3-6,8-11H,2,7H2,1H3,(H2,17,18). The van der Waals surface area contributed by atoms with Gasteiger partial charge in [0.15, 0.2) is 0 Å². The fourth-order valence-electron chi connectivity index (χ4n) is 2.26. The zero-order valence-corrected chi connectivity index (χ0v) is 12.3. The Morgan fingerprint density at radius 2 is 1.95 bits per heavy atom. The molecule has 0 aromatic carbocycles. The number of nitrogens with two attached hydrogens (primary N) is 1. The maximum Gasteiger partial charge on any atom is 0.250 e. The summed E-state index contributed by atoms with van der Waals surface area (Å²) in [5.74, 6) is 0.489. The van der Waals surface area contributed by atoms with Crippen molar-refractivity contribution < 1.29 is 0 Å². The Morgan fingerprint density at radius 1 is 1.09 bits per heavy atom. The highest BCUT2D eigenvalue weighted by atomic mass is 16.1. The van der Waals surface area contributed by atoms with Crippen molar-refractivity contribution in [3.63, 3.8) is 0 Å².